The van der Waals surface area contributed by atoms with Gasteiger partial charge in [0.15, 0.2) is 0 Å². The molecule has 1 aromatic heterocycles. The smallest absolute Gasteiger partial charge is 0.318 e. The minimum atomic E-state index is -0.797. The van der Waals surface area contributed by atoms with Crippen LogP contribution in [0, 0.1) is 11.3 Å². The van der Waals surface area contributed by atoms with E-state index in [0.29, 0.717) is 18.2 Å². The highest BCUT2D eigenvalue weighted by atomic mass is 16.5. The number of nitrogens with zero attached hydrogens (tertiary/aromatic N) is 1. The molecule has 0 radical (unpaired) electrons. The molecule has 134 valence electrons. The SMILES string of the molecule is CCOC(=O)C(c1nc(C(C)(C)C(C)(C)C(=O)OC)co1)C1CC1. The van der Waals surface area contributed by atoms with E-state index < -0.39 is 16.7 Å². The van der Waals surface area contributed by atoms with Crippen LogP contribution in [-0.2, 0) is 24.5 Å². The third-order valence-electron chi connectivity index (χ3n) is 5.32. The topological polar surface area (TPSA) is 78.6 Å². The summed E-state index contributed by atoms with van der Waals surface area (Å²) >= 11 is 0. The molecule has 1 aliphatic rings. The zero-order valence-corrected chi connectivity index (χ0v) is 15.3. The Balaban J connectivity index is 2.31. The fourth-order valence-corrected chi connectivity index (χ4v) is 2.70. The van der Waals surface area contributed by atoms with Crippen molar-refractivity contribution in [2.75, 3.05) is 13.7 Å². The first-order valence-electron chi connectivity index (χ1n) is 8.37. The van der Waals surface area contributed by atoms with Gasteiger partial charge < -0.3 is 13.9 Å². The second kappa shape index (κ2) is 6.57. The van der Waals surface area contributed by atoms with Gasteiger partial charge in [0.05, 0.1) is 24.8 Å². The fraction of sp³-hybridized carbons (Fsp3) is 0.722. The average molecular weight is 337 g/mol. The Morgan fingerprint density at radius 1 is 1.33 bits per heavy atom. The van der Waals surface area contributed by atoms with E-state index in [1.165, 1.54) is 13.4 Å². The van der Waals surface area contributed by atoms with Crippen LogP contribution in [0.1, 0.15) is 65.0 Å². The van der Waals surface area contributed by atoms with E-state index >= 15 is 0 Å². The molecule has 0 aromatic carbocycles. The predicted molar refractivity (Wildman–Crippen MR) is 87.4 cm³/mol. The van der Waals surface area contributed by atoms with Gasteiger partial charge in [-0.2, -0.15) is 0 Å². The first kappa shape index (κ1) is 18.5. The van der Waals surface area contributed by atoms with E-state index in [2.05, 4.69) is 4.98 Å². The lowest BCUT2D eigenvalue weighted by atomic mass is 9.66. The lowest BCUT2D eigenvalue weighted by Gasteiger charge is -2.37. The van der Waals surface area contributed by atoms with Crippen molar-refractivity contribution >= 4 is 11.9 Å². The Labute approximate surface area is 142 Å². The summed E-state index contributed by atoms with van der Waals surface area (Å²) in [6, 6.07) is 0. The summed E-state index contributed by atoms with van der Waals surface area (Å²) in [5, 5.41) is 0. The maximum absolute atomic E-state index is 12.2. The van der Waals surface area contributed by atoms with E-state index in [1.807, 2.05) is 27.7 Å². The molecule has 6 heteroatoms. The molecule has 6 nitrogen and oxygen atoms in total. The second-order valence-electron chi connectivity index (χ2n) is 7.38. The van der Waals surface area contributed by atoms with Crippen molar-refractivity contribution in [2.45, 2.75) is 58.8 Å². The highest BCUT2D eigenvalue weighted by Gasteiger charge is 2.48. The number of methoxy groups -OCH3 is 1. The Hall–Kier alpha value is -1.85. The Kier molecular flexibility index (Phi) is 5.06. The lowest BCUT2D eigenvalue weighted by molar-refractivity contribution is -0.154. The third-order valence-corrected chi connectivity index (χ3v) is 5.32. The van der Waals surface area contributed by atoms with Crippen molar-refractivity contribution in [3.63, 3.8) is 0 Å². The Morgan fingerprint density at radius 3 is 2.46 bits per heavy atom. The molecule has 0 amide bonds. The number of esters is 2. The van der Waals surface area contributed by atoms with Crippen LogP contribution >= 0.6 is 0 Å². The van der Waals surface area contributed by atoms with Crippen molar-refractivity contribution in [1.29, 1.82) is 0 Å². The molecule has 0 aliphatic heterocycles. The third kappa shape index (κ3) is 3.19. The van der Waals surface area contributed by atoms with E-state index in [9.17, 15) is 9.59 Å². The summed E-state index contributed by atoms with van der Waals surface area (Å²) in [5.41, 5.74) is -0.790. The highest BCUT2D eigenvalue weighted by molar-refractivity contribution is 5.78. The molecule has 1 heterocycles. The molecule has 1 atom stereocenters. The van der Waals surface area contributed by atoms with Gasteiger partial charge in [0, 0.05) is 5.41 Å². The van der Waals surface area contributed by atoms with Crippen molar-refractivity contribution < 1.29 is 23.5 Å². The molecule has 1 fully saturated rings. The Morgan fingerprint density at radius 2 is 1.96 bits per heavy atom. The number of hydrogen-bond donors (Lipinski definition) is 0. The zero-order valence-electron chi connectivity index (χ0n) is 15.3. The van der Waals surface area contributed by atoms with Crippen molar-refractivity contribution in [1.82, 2.24) is 4.98 Å². The van der Waals surface area contributed by atoms with Crippen molar-refractivity contribution in [2.24, 2.45) is 11.3 Å². The van der Waals surface area contributed by atoms with Crippen LogP contribution in [0.25, 0.3) is 0 Å². The number of hydrogen-bond acceptors (Lipinski definition) is 6. The monoisotopic (exact) mass is 337 g/mol. The number of oxazole rings is 1. The maximum atomic E-state index is 12.2. The van der Waals surface area contributed by atoms with Gasteiger partial charge in [-0.15, -0.1) is 0 Å². The fourth-order valence-electron chi connectivity index (χ4n) is 2.70. The lowest BCUT2D eigenvalue weighted by Crippen LogP contribution is -2.43. The van der Waals surface area contributed by atoms with Crippen LogP contribution in [0.15, 0.2) is 10.7 Å². The molecule has 2 rings (SSSR count). The summed E-state index contributed by atoms with van der Waals surface area (Å²) in [6.07, 6.45) is 3.48. The minimum absolute atomic E-state index is 0.229. The largest absolute Gasteiger partial charge is 0.469 e. The summed E-state index contributed by atoms with van der Waals surface area (Å²) in [5.74, 6) is -0.470. The zero-order chi connectivity index (χ0) is 18.1. The summed E-state index contributed by atoms with van der Waals surface area (Å²) < 4.78 is 15.7. The normalized spacial score (nSPS) is 16.6. The Bertz CT molecular complexity index is 613. The molecule has 1 unspecified atom stereocenters. The number of carbonyl (C=O) groups excluding carboxylic acids is 2. The molecule has 1 saturated carbocycles. The van der Waals surface area contributed by atoms with Gasteiger partial charge >= 0.3 is 11.9 Å². The van der Waals surface area contributed by atoms with E-state index in [0.717, 1.165) is 12.8 Å². The molecule has 0 bridgehead atoms. The van der Waals surface area contributed by atoms with E-state index in [-0.39, 0.29) is 17.9 Å². The predicted octanol–water partition coefficient (Wildman–Crippen LogP) is 3.21. The van der Waals surface area contributed by atoms with Crippen molar-refractivity contribution in [3.8, 4) is 0 Å². The number of ether oxygens (including phenoxy) is 2. The average Bonchev–Trinajstić information content (AvgIpc) is 3.22. The molecule has 0 saturated heterocycles. The minimum Gasteiger partial charge on any atom is -0.469 e. The standard InChI is InChI=1S/C18H27NO5/c1-7-23-15(20)13(11-8-9-11)14-19-12(10-24-14)17(2,3)18(4,5)16(21)22-6/h10-11,13H,7-9H2,1-6H3. The molecule has 24 heavy (non-hydrogen) atoms. The van der Waals surface area contributed by atoms with Crippen LogP contribution in [0.3, 0.4) is 0 Å². The first-order chi connectivity index (χ1) is 11.2. The van der Waals surface area contributed by atoms with Crippen LogP contribution in [0.4, 0.5) is 0 Å². The molecule has 1 aromatic rings. The summed E-state index contributed by atoms with van der Waals surface area (Å²) in [4.78, 5) is 28.9. The van der Waals surface area contributed by atoms with Crippen LogP contribution < -0.4 is 0 Å². The van der Waals surface area contributed by atoms with Gasteiger partial charge in [-0.05, 0) is 39.5 Å². The van der Waals surface area contributed by atoms with Gasteiger partial charge in [0.25, 0.3) is 0 Å². The first-order valence-corrected chi connectivity index (χ1v) is 8.37. The van der Waals surface area contributed by atoms with Gasteiger partial charge in [-0.25, -0.2) is 4.98 Å². The quantitative estimate of drug-likeness (QED) is 0.711. The summed E-state index contributed by atoms with van der Waals surface area (Å²) in [7, 11) is 1.37. The maximum Gasteiger partial charge on any atom is 0.318 e. The van der Waals surface area contributed by atoms with Gasteiger partial charge in [-0.1, -0.05) is 13.8 Å². The molecular formula is C18H27NO5. The van der Waals surface area contributed by atoms with E-state index in [1.54, 1.807) is 6.92 Å². The van der Waals surface area contributed by atoms with Gasteiger partial charge in [-0.3, -0.25) is 9.59 Å². The van der Waals surface area contributed by atoms with E-state index in [4.69, 9.17) is 13.9 Å². The summed E-state index contributed by atoms with van der Waals surface area (Å²) in [6.45, 7) is 9.58. The molecule has 0 spiro atoms. The van der Waals surface area contributed by atoms with Crippen molar-refractivity contribution in [3.05, 3.63) is 17.8 Å². The van der Waals surface area contributed by atoms with Crippen LogP contribution in [0.5, 0.6) is 0 Å². The highest BCUT2D eigenvalue weighted by Crippen LogP contribution is 2.45. The molecule has 0 N–H and O–H groups in total. The number of rotatable bonds is 7. The van der Waals surface area contributed by atoms with Crippen LogP contribution in [-0.4, -0.2) is 30.6 Å². The molecular weight excluding hydrogens is 310 g/mol. The van der Waals surface area contributed by atoms with Crippen LogP contribution in [0.2, 0.25) is 0 Å². The number of aromatic nitrogens is 1. The van der Waals surface area contributed by atoms with Gasteiger partial charge in [0.2, 0.25) is 5.89 Å². The van der Waals surface area contributed by atoms with Gasteiger partial charge in [0.1, 0.15) is 12.2 Å². The molecule has 1 aliphatic carbocycles. The number of carbonyl (C=O) groups is 2. The second-order valence-corrected chi connectivity index (χ2v) is 7.38.